The predicted molar refractivity (Wildman–Crippen MR) is 76.3 cm³/mol. The fourth-order valence-electron chi connectivity index (χ4n) is 1.31. The molecule has 2 aromatic rings. The number of carbonyl (C=O) groups is 1. The lowest BCUT2D eigenvalue weighted by molar-refractivity contribution is 0.102. The van der Waals surface area contributed by atoms with Crippen LogP contribution in [0.25, 0.3) is 0 Å². The average Bonchev–Trinajstić information content (AvgIpc) is 2.35. The first-order chi connectivity index (χ1) is 8.56. The van der Waals surface area contributed by atoms with Crippen molar-refractivity contribution in [2.24, 2.45) is 0 Å². The maximum absolute atomic E-state index is 13.0. The molecule has 0 saturated carbocycles. The number of pyridine rings is 1. The zero-order valence-corrected chi connectivity index (χ0v) is 11.9. The van der Waals surface area contributed by atoms with Crippen LogP contribution in [0.2, 0.25) is 5.15 Å². The highest BCUT2D eigenvalue weighted by Crippen LogP contribution is 2.17. The van der Waals surface area contributed by atoms with Gasteiger partial charge in [0, 0.05) is 9.26 Å². The Bertz CT molecular complexity index is 589. The summed E-state index contributed by atoms with van der Waals surface area (Å²) in [4.78, 5) is 15.5. The molecular weight excluding hydrogens is 370 g/mol. The minimum Gasteiger partial charge on any atom is -0.322 e. The zero-order valence-electron chi connectivity index (χ0n) is 8.95. The first kappa shape index (κ1) is 13.2. The Morgan fingerprint density at radius 1 is 1.33 bits per heavy atom. The number of hydrogen-bond donors (Lipinski definition) is 1. The lowest BCUT2D eigenvalue weighted by Crippen LogP contribution is -2.13. The molecule has 18 heavy (non-hydrogen) atoms. The van der Waals surface area contributed by atoms with E-state index in [2.05, 4.69) is 32.9 Å². The number of amides is 1. The van der Waals surface area contributed by atoms with Gasteiger partial charge in [0.2, 0.25) is 0 Å². The topological polar surface area (TPSA) is 42.0 Å². The standard InChI is InChI=1S/C12H7ClFIN2O/c13-11-10(5-7(14)6-16-11)12(18)17-9-3-1-8(15)2-4-9/h1-6H,(H,17,18). The fraction of sp³-hybridized carbons (Fsp3) is 0. The lowest BCUT2D eigenvalue weighted by atomic mass is 10.2. The van der Waals surface area contributed by atoms with E-state index in [9.17, 15) is 9.18 Å². The molecule has 0 aliphatic heterocycles. The molecule has 92 valence electrons. The number of anilines is 1. The number of nitrogens with zero attached hydrogens (tertiary/aromatic N) is 1. The Balaban J connectivity index is 2.21. The molecular formula is C12H7ClFIN2O. The second kappa shape index (κ2) is 5.62. The van der Waals surface area contributed by atoms with Crippen molar-refractivity contribution in [3.8, 4) is 0 Å². The van der Waals surface area contributed by atoms with Crippen LogP contribution in [0.1, 0.15) is 10.4 Å². The first-order valence-corrected chi connectivity index (χ1v) is 6.40. The Kier molecular flexibility index (Phi) is 4.13. The summed E-state index contributed by atoms with van der Waals surface area (Å²) < 4.78 is 14.0. The van der Waals surface area contributed by atoms with Crippen LogP contribution < -0.4 is 5.32 Å². The van der Waals surface area contributed by atoms with Gasteiger partial charge in [-0.2, -0.15) is 0 Å². The summed E-state index contributed by atoms with van der Waals surface area (Å²) in [5, 5.41) is 2.59. The summed E-state index contributed by atoms with van der Waals surface area (Å²) >= 11 is 7.90. The van der Waals surface area contributed by atoms with Crippen LogP contribution in [-0.2, 0) is 0 Å². The van der Waals surface area contributed by atoms with Crippen LogP contribution in [0.15, 0.2) is 36.5 Å². The quantitative estimate of drug-likeness (QED) is 0.641. The number of carbonyl (C=O) groups excluding carboxylic acids is 1. The van der Waals surface area contributed by atoms with Gasteiger partial charge in [0.05, 0.1) is 11.8 Å². The van der Waals surface area contributed by atoms with Crippen LogP contribution >= 0.6 is 34.2 Å². The minimum atomic E-state index is -0.604. The molecule has 2 rings (SSSR count). The van der Waals surface area contributed by atoms with Gasteiger partial charge in [-0.1, -0.05) is 11.6 Å². The molecule has 0 bridgehead atoms. The summed E-state index contributed by atoms with van der Waals surface area (Å²) in [5.41, 5.74) is 0.621. The number of benzene rings is 1. The van der Waals surface area contributed by atoms with Gasteiger partial charge in [-0.3, -0.25) is 4.79 Å². The Hall–Kier alpha value is -1.21. The molecule has 6 heteroatoms. The third-order valence-electron chi connectivity index (χ3n) is 2.15. The molecule has 0 aliphatic rings. The summed E-state index contributed by atoms with van der Waals surface area (Å²) in [6, 6.07) is 8.25. The average molecular weight is 377 g/mol. The lowest BCUT2D eigenvalue weighted by Gasteiger charge is -2.06. The summed E-state index contributed by atoms with van der Waals surface area (Å²) in [7, 11) is 0. The molecule has 0 spiro atoms. The van der Waals surface area contributed by atoms with E-state index in [1.54, 1.807) is 12.1 Å². The van der Waals surface area contributed by atoms with E-state index in [-0.39, 0.29) is 10.7 Å². The van der Waals surface area contributed by atoms with Crippen LogP contribution in [0.3, 0.4) is 0 Å². The van der Waals surface area contributed by atoms with E-state index in [1.165, 1.54) is 0 Å². The predicted octanol–water partition coefficient (Wildman–Crippen LogP) is 3.73. The Labute approximate surface area is 122 Å². The molecule has 0 atom stereocenters. The SMILES string of the molecule is O=C(Nc1ccc(I)cc1)c1cc(F)cnc1Cl. The van der Waals surface area contributed by atoms with Crippen LogP contribution in [0.5, 0.6) is 0 Å². The van der Waals surface area contributed by atoms with Gasteiger partial charge in [-0.05, 0) is 52.9 Å². The second-order valence-electron chi connectivity index (χ2n) is 3.45. The molecule has 0 saturated heterocycles. The normalized spacial score (nSPS) is 10.2. The molecule has 1 heterocycles. The number of halogens is 3. The number of aromatic nitrogens is 1. The summed E-state index contributed by atoms with van der Waals surface area (Å²) in [5.74, 6) is -1.10. The highest BCUT2D eigenvalue weighted by Gasteiger charge is 2.12. The van der Waals surface area contributed by atoms with E-state index >= 15 is 0 Å². The summed E-state index contributed by atoms with van der Waals surface area (Å²) in [6.45, 7) is 0. The third-order valence-corrected chi connectivity index (χ3v) is 3.17. The number of rotatable bonds is 2. The van der Waals surface area contributed by atoms with E-state index in [0.29, 0.717) is 5.69 Å². The second-order valence-corrected chi connectivity index (χ2v) is 5.06. The van der Waals surface area contributed by atoms with Gasteiger partial charge in [-0.15, -0.1) is 0 Å². The van der Waals surface area contributed by atoms with Gasteiger partial charge < -0.3 is 5.32 Å². The molecule has 0 unspecified atom stereocenters. The van der Waals surface area contributed by atoms with E-state index in [1.807, 2.05) is 12.1 Å². The maximum Gasteiger partial charge on any atom is 0.258 e. The molecule has 1 N–H and O–H groups in total. The van der Waals surface area contributed by atoms with Gasteiger partial charge in [0.25, 0.3) is 5.91 Å². The molecule has 1 aromatic carbocycles. The van der Waals surface area contributed by atoms with Crippen LogP contribution in [0.4, 0.5) is 10.1 Å². The maximum atomic E-state index is 13.0. The Morgan fingerprint density at radius 2 is 2.00 bits per heavy atom. The summed E-state index contributed by atoms with van der Waals surface area (Å²) in [6.07, 6.45) is 0.962. The van der Waals surface area contributed by atoms with Crippen molar-refractivity contribution in [3.05, 3.63) is 56.6 Å². The number of nitrogens with one attached hydrogen (secondary N) is 1. The van der Waals surface area contributed by atoms with Crippen molar-refractivity contribution in [1.82, 2.24) is 4.98 Å². The van der Waals surface area contributed by atoms with Gasteiger partial charge in [-0.25, -0.2) is 9.37 Å². The minimum absolute atomic E-state index is 0.00946. The molecule has 0 radical (unpaired) electrons. The van der Waals surface area contributed by atoms with Crippen molar-refractivity contribution >= 4 is 45.8 Å². The van der Waals surface area contributed by atoms with Gasteiger partial charge >= 0.3 is 0 Å². The van der Waals surface area contributed by atoms with Crippen molar-refractivity contribution < 1.29 is 9.18 Å². The molecule has 1 amide bonds. The van der Waals surface area contributed by atoms with Crippen LogP contribution in [-0.4, -0.2) is 10.9 Å². The first-order valence-electron chi connectivity index (χ1n) is 4.94. The van der Waals surface area contributed by atoms with Crippen molar-refractivity contribution in [2.75, 3.05) is 5.32 Å². The van der Waals surface area contributed by atoms with Gasteiger partial charge in [0.15, 0.2) is 0 Å². The van der Waals surface area contributed by atoms with Crippen LogP contribution in [0, 0.1) is 9.39 Å². The Morgan fingerprint density at radius 3 is 2.67 bits per heavy atom. The van der Waals surface area contributed by atoms with E-state index < -0.39 is 11.7 Å². The smallest absolute Gasteiger partial charge is 0.258 e. The van der Waals surface area contributed by atoms with Gasteiger partial charge in [0.1, 0.15) is 11.0 Å². The largest absolute Gasteiger partial charge is 0.322 e. The highest BCUT2D eigenvalue weighted by atomic mass is 127. The fourth-order valence-corrected chi connectivity index (χ4v) is 1.86. The van der Waals surface area contributed by atoms with E-state index in [4.69, 9.17) is 11.6 Å². The van der Waals surface area contributed by atoms with Crippen molar-refractivity contribution in [1.29, 1.82) is 0 Å². The molecule has 3 nitrogen and oxygen atoms in total. The monoisotopic (exact) mass is 376 g/mol. The third kappa shape index (κ3) is 3.17. The molecule has 0 aliphatic carbocycles. The number of hydrogen-bond acceptors (Lipinski definition) is 2. The molecule has 1 aromatic heterocycles. The van der Waals surface area contributed by atoms with Crippen molar-refractivity contribution in [3.63, 3.8) is 0 Å². The molecule has 0 fully saturated rings. The van der Waals surface area contributed by atoms with Crippen molar-refractivity contribution in [2.45, 2.75) is 0 Å². The highest BCUT2D eigenvalue weighted by molar-refractivity contribution is 14.1. The zero-order chi connectivity index (χ0) is 13.1. The van der Waals surface area contributed by atoms with E-state index in [0.717, 1.165) is 15.8 Å².